The second-order valence-electron chi connectivity index (χ2n) is 6.91. The number of anilines is 1. The Kier molecular flexibility index (Phi) is 3.00. The van der Waals surface area contributed by atoms with Crippen molar-refractivity contribution >= 4 is 11.6 Å². The first-order chi connectivity index (χ1) is 9.42. The molecule has 3 rings (SSSR count). The molecule has 1 saturated carbocycles. The van der Waals surface area contributed by atoms with Gasteiger partial charge >= 0.3 is 0 Å². The van der Waals surface area contributed by atoms with Gasteiger partial charge in [-0.3, -0.25) is 4.99 Å². The lowest BCUT2D eigenvalue weighted by Crippen LogP contribution is -2.55. The van der Waals surface area contributed by atoms with Crippen LogP contribution in [0.4, 0.5) is 10.1 Å². The average Bonchev–Trinajstić information content (AvgIpc) is 2.66. The van der Waals surface area contributed by atoms with Gasteiger partial charge in [-0.2, -0.15) is 0 Å². The lowest BCUT2D eigenvalue weighted by molar-refractivity contribution is 0.163. The fraction of sp³-hybridized carbons (Fsp3) is 0.562. The molecule has 108 valence electrons. The van der Waals surface area contributed by atoms with E-state index in [4.69, 9.17) is 5.73 Å². The van der Waals surface area contributed by atoms with E-state index in [0.29, 0.717) is 11.4 Å². The summed E-state index contributed by atoms with van der Waals surface area (Å²) < 4.78 is 13.1. The molecular weight excluding hydrogens is 253 g/mol. The molecule has 2 N–H and O–H groups in total. The Morgan fingerprint density at radius 2 is 1.90 bits per heavy atom. The molecule has 2 aliphatic rings. The number of hydrogen-bond acceptors (Lipinski definition) is 3. The van der Waals surface area contributed by atoms with Gasteiger partial charge in [-0.05, 0) is 48.9 Å². The van der Waals surface area contributed by atoms with Crippen LogP contribution in [0.25, 0.3) is 0 Å². The highest BCUT2D eigenvalue weighted by Gasteiger charge is 2.48. The van der Waals surface area contributed by atoms with Gasteiger partial charge in [-0.15, -0.1) is 0 Å². The van der Waals surface area contributed by atoms with Crippen molar-refractivity contribution in [3.05, 3.63) is 30.1 Å². The zero-order chi connectivity index (χ0) is 14.4. The summed E-state index contributed by atoms with van der Waals surface area (Å²) in [4.78, 5) is 6.62. The molecule has 1 heterocycles. The molecule has 1 atom stereocenters. The molecule has 1 fully saturated rings. The molecule has 1 aromatic carbocycles. The minimum atomic E-state index is -0.221. The summed E-state index contributed by atoms with van der Waals surface area (Å²) in [5, 5.41) is 0. The van der Waals surface area contributed by atoms with E-state index in [9.17, 15) is 4.39 Å². The van der Waals surface area contributed by atoms with Gasteiger partial charge in [0, 0.05) is 5.69 Å². The minimum Gasteiger partial charge on any atom is -0.369 e. The van der Waals surface area contributed by atoms with Crippen molar-refractivity contribution in [3.8, 4) is 0 Å². The number of rotatable bonds is 1. The molecule has 0 aromatic heterocycles. The number of benzene rings is 1. The van der Waals surface area contributed by atoms with E-state index in [-0.39, 0.29) is 11.4 Å². The second-order valence-corrected chi connectivity index (χ2v) is 6.91. The molecule has 0 bridgehead atoms. The third kappa shape index (κ3) is 2.17. The molecule has 1 aromatic rings. The van der Waals surface area contributed by atoms with Crippen LogP contribution in [0.3, 0.4) is 0 Å². The van der Waals surface area contributed by atoms with E-state index in [2.05, 4.69) is 23.7 Å². The smallest absolute Gasteiger partial charge is 0.196 e. The Morgan fingerprint density at radius 1 is 1.20 bits per heavy atom. The van der Waals surface area contributed by atoms with Crippen LogP contribution in [0, 0.1) is 11.2 Å². The molecule has 1 spiro atoms. The average molecular weight is 275 g/mol. The molecule has 1 unspecified atom stereocenters. The zero-order valence-electron chi connectivity index (χ0n) is 12.2. The second kappa shape index (κ2) is 4.47. The molecule has 20 heavy (non-hydrogen) atoms. The zero-order valence-corrected chi connectivity index (χ0v) is 12.2. The first-order valence-electron chi connectivity index (χ1n) is 7.28. The molecule has 4 heteroatoms. The van der Waals surface area contributed by atoms with Crippen molar-refractivity contribution < 1.29 is 4.39 Å². The van der Waals surface area contributed by atoms with Crippen molar-refractivity contribution in [2.24, 2.45) is 16.1 Å². The summed E-state index contributed by atoms with van der Waals surface area (Å²) in [5.74, 6) is 0.343. The summed E-state index contributed by atoms with van der Waals surface area (Å²) in [6.45, 7) is 5.37. The van der Waals surface area contributed by atoms with E-state index in [1.54, 1.807) is 12.1 Å². The SMILES string of the molecule is CC1(C)CCCC2(CN=C(N)N2c2ccc(F)cc2)C1. The van der Waals surface area contributed by atoms with E-state index in [0.717, 1.165) is 25.1 Å². The lowest BCUT2D eigenvalue weighted by atomic mass is 9.67. The van der Waals surface area contributed by atoms with E-state index < -0.39 is 0 Å². The van der Waals surface area contributed by atoms with E-state index >= 15 is 0 Å². The number of halogens is 1. The Labute approximate surface area is 119 Å². The Bertz CT molecular complexity index is 535. The van der Waals surface area contributed by atoms with Crippen molar-refractivity contribution in [1.29, 1.82) is 0 Å². The Morgan fingerprint density at radius 3 is 2.55 bits per heavy atom. The van der Waals surface area contributed by atoms with E-state index in [1.807, 2.05) is 0 Å². The van der Waals surface area contributed by atoms with Crippen LogP contribution in [0.5, 0.6) is 0 Å². The summed E-state index contributed by atoms with van der Waals surface area (Å²) in [6.07, 6.45) is 4.60. The van der Waals surface area contributed by atoms with Gasteiger partial charge < -0.3 is 10.6 Å². The van der Waals surface area contributed by atoms with Gasteiger partial charge in [0.15, 0.2) is 5.96 Å². The maximum Gasteiger partial charge on any atom is 0.196 e. The third-order valence-electron chi connectivity index (χ3n) is 4.63. The molecule has 1 aliphatic carbocycles. The van der Waals surface area contributed by atoms with Crippen molar-refractivity contribution in [2.45, 2.75) is 45.1 Å². The number of hydrogen-bond donors (Lipinski definition) is 1. The summed E-state index contributed by atoms with van der Waals surface area (Å²) in [5.41, 5.74) is 7.35. The molecule has 0 amide bonds. The third-order valence-corrected chi connectivity index (χ3v) is 4.63. The lowest BCUT2D eigenvalue weighted by Gasteiger charge is -2.48. The first kappa shape index (κ1) is 13.4. The van der Waals surface area contributed by atoms with Gasteiger partial charge in [0.2, 0.25) is 0 Å². The standard InChI is InChI=1S/C16H22FN3/c1-15(2)8-3-9-16(10-15)11-19-14(18)20(16)13-6-4-12(17)5-7-13/h4-7H,3,8-11H2,1-2H3,(H2,18,19). The highest BCUT2D eigenvalue weighted by molar-refractivity contribution is 5.98. The normalized spacial score (nSPS) is 28.8. The van der Waals surface area contributed by atoms with E-state index in [1.165, 1.54) is 25.0 Å². The predicted molar refractivity (Wildman–Crippen MR) is 80.3 cm³/mol. The fourth-order valence-corrected chi connectivity index (χ4v) is 3.90. The van der Waals surface area contributed by atoms with Crippen LogP contribution in [0.1, 0.15) is 39.5 Å². The van der Waals surface area contributed by atoms with Crippen LogP contribution in [-0.2, 0) is 0 Å². The number of nitrogens with zero attached hydrogens (tertiary/aromatic N) is 2. The number of guanidine groups is 1. The largest absolute Gasteiger partial charge is 0.369 e. The summed E-state index contributed by atoms with van der Waals surface area (Å²) >= 11 is 0. The van der Waals surface area contributed by atoms with Gasteiger partial charge in [0.1, 0.15) is 5.82 Å². The van der Waals surface area contributed by atoms with Crippen molar-refractivity contribution in [1.82, 2.24) is 0 Å². The summed E-state index contributed by atoms with van der Waals surface area (Å²) in [7, 11) is 0. The minimum absolute atomic E-state index is 0.0241. The van der Waals surface area contributed by atoms with Gasteiger partial charge in [0.05, 0.1) is 12.1 Å². The van der Waals surface area contributed by atoms with Gasteiger partial charge in [-0.25, -0.2) is 4.39 Å². The van der Waals surface area contributed by atoms with Crippen molar-refractivity contribution in [2.75, 3.05) is 11.4 Å². The molecule has 1 aliphatic heterocycles. The van der Waals surface area contributed by atoms with Gasteiger partial charge in [0.25, 0.3) is 0 Å². The van der Waals surface area contributed by atoms with Crippen LogP contribution in [-0.4, -0.2) is 18.0 Å². The first-order valence-corrected chi connectivity index (χ1v) is 7.28. The molecule has 0 saturated heterocycles. The molecular formula is C16H22FN3. The maximum absolute atomic E-state index is 13.1. The topological polar surface area (TPSA) is 41.6 Å². The Hall–Kier alpha value is -1.58. The highest BCUT2D eigenvalue weighted by atomic mass is 19.1. The number of nitrogens with two attached hydrogens (primary N) is 1. The summed E-state index contributed by atoms with van der Waals surface area (Å²) in [6, 6.07) is 6.57. The maximum atomic E-state index is 13.1. The predicted octanol–water partition coefficient (Wildman–Crippen LogP) is 3.30. The van der Waals surface area contributed by atoms with Gasteiger partial charge in [-0.1, -0.05) is 20.3 Å². The highest BCUT2D eigenvalue weighted by Crippen LogP contribution is 2.47. The van der Waals surface area contributed by atoms with Crippen LogP contribution in [0.15, 0.2) is 29.3 Å². The van der Waals surface area contributed by atoms with Crippen LogP contribution in [0.2, 0.25) is 0 Å². The fourth-order valence-electron chi connectivity index (χ4n) is 3.90. The quantitative estimate of drug-likeness (QED) is 0.854. The van der Waals surface area contributed by atoms with Crippen LogP contribution >= 0.6 is 0 Å². The Balaban J connectivity index is 1.97. The molecule has 0 radical (unpaired) electrons. The number of aliphatic imine (C=N–C) groups is 1. The molecule has 3 nitrogen and oxygen atoms in total. The van der Waals surface area contributed by atoms with Crippen molar-refractivity contribution in [3.63, 3.8) is 0 Å². The monoisotopic (exact) mass is 275 g/mol. The van der Waals surface area contributed by atoms with Crippen LogP contribution < -0.4 is 10.6 Å².